The zero-order chi connectivity index (χ0) is 25.2. The number of aromatic nitrogens is 1. The van der Waals surface area contributed by atoms with E-state index in [2.05, 4.69) is 28.1 Å². The van der Waals surface area contributed by atoms with Crippen LogP contribution in [0.2, 0.25) is 0 Å². The topological polar surface area (TPSA) is 68.8 Å². The fourth-order valence-corrected chi connectivity index (χ4v) is 5.27. The van der Waals surface area contributed by atoms with Crippen LogP contribution >= 0.6 is 0 Å². The summed E-state index contributed by atoms with van der Waals surface area (Å²) in [5, 5.41) is 3.85. The van der Waals surface area contributed by atoms with E-state index in [-0.39, 0.29) is 23.5 Å². The van der Waals surface area contributed by atoms with Crippen LogP contribution in [0.3, 0.4) is 0 Å². The molecule has 8 heteroatoms. The minimum absolute atomic E-state index is 0.0420. The summed E-state index contributed by atoms with van der Waals surface area (Å²) in [6.45, 7) is 8.08. The Balaban J connectivity index is 1.18. The van der Waals surface area contributed by atoms with Gasteiger partial charge in [0, 0.05) is 68.9 Å². The molecule has 36 heavy (non-hydrogen) atoms. The smallest absolute Gasteiger partial charge is 0.225 e. The molecule has 3 heterocycles. The normalized spacial score (nSPS) is 16.9. The van der Waals surface area contributed by atoms with Crippen LogP contribution in [0.5, 0.6) is 0 Å². The van der Waals surface area contributed by atoms with Gasteiger partial charge in [-0.2, -0.15) is 0 Å². The van der Waals surface area contributed by atoms with Gasteiger partial charge in [0.15, 0.2) is 0 Å². The fraction of sp³-hybridized carbons (Fsp3) is 0.393. The number of carbonyl (C=O) groups is 2. The van der Waals surface area contributed by atoms with Crippen LogP contribution in [-0.4, -0.2) is 61.0 Å². The van der Waals surface area contributed by atoms with E-state index in [9.17, 15) is 14.0 Å². The second-order valence-corrected chi connectivity index (χ2v) is 9.76. The molecule has 2 saturated heterocycles. The lowest BCUT2D eigenvalue weighted by atomic mass is 9.94. The number of piperidine rings is 1. The van der Waals surface area contributed by atoms with E-state index in [0.717, 1.165) is 72.7 Å². The van der Waals surface area contributed by atoms with Crippen LogP contribution in [0.4, 0.5) is 21.6 Å². The molecular weight excluding hydrogens is 457 g/mol. The Morgan fingerprint density at radius 3 is 2.28 bits per heavy atom. The summed E-state index contributed by atoms with van der Waals surface area (Å²) in [5.41, 5.74) is 3.78. The summed E-state index contributed by atoms with van der Waals surface area (Å²) < 4.78 is 13.2. The van der Waals surface area contributed by atoms with Gasteiger partial charge in [0.2, 0.25) is 11.8 Å². The van der Waals surface area contributed by atoms with E-state index in [1.165, 1.54) is 19.1 Å². The van der Waals surface area contributed by atoms with Gasteiger partial charge >= 0.3 is 0 Å². The molecule has 0 saturated carbocycles. The van der Waals surface area contributed by atoms with Crippen molar-refractivity contribution >= 4 is 39.9 Å². The molecule has 5 rings (SSSR count). The molecule has 0 radical (unpaired) electrons. The van der Waals surface area contributed by atoms with Gasteiger partial charge in [-0.3, -0.25) is 9.59 Å². The lowest BCUT2D eigenvalue weighted by molar-refractivity contribution is -0.136. The second-order valence-electron chi connectivity index (χ2n) is 9.76. The van der Waals surface area contributed by atoms with Crippen LogP contribution in [0, 0.1) is 18.7 Å². The monoisotopic (exact) mass is 489 g/mol. The predicted molar refractivity (Wildman–Crippen MR) is 141 cm³/mol. The first kappa shape index (κ1) is 24.0. The molecule has 0 bridgehead atoms. The number of anilines is 3. The second kappa shape index (κ2) is 10.1. The molecule has 0 atom stereocenters. The number of aryl methyl sites for hydroxylation is 1. The molecule has 7 nitrogen and oxygen atoms in total. The highest BCUT2D eigenvalue weighted by atomic mass is 19.1. The number of pyridine rings is 1. The third-order valence-corrected chi connectivity index (χ3v) is 7.27. The Hall–Kier alpha value is -3.68. The summed E-state index contributed by atoms with van der Waals surface area (Å²) in [5.74, 6) is 0.904. The standard InChI is InChI=1S/C28H32FN5O2/c1-19-17-27(31-26-8-5-23(18-25(19)26)30-20(2)35)33-11-9-21(10-12-33)28(36)34-15-13-32(14-16-34)24-6-3-22(29)4-7-24/h3-8,17-18,21H,9-16H2,1-2H3,(H,30,35). The van der Waals surface area contributed by atoms with Crippen molar-refractivity contribution in [3.05, 3.63) is 59.9 Å². The Kier molecular flexibility index (Phi) is 6.76. The maximum atomic E-state index is 13.2. The third-order valence-electron chi connectivity index (χ3n) is 7.27. The van der Waals surface area contributed by atoms with E-state index in [0.29, 0.717) is 13.1 Å². The summed E-state index contributed by atoms with van der Waals surface area (Å²) in [6, 6.07) is 14.4. The fourth-order valence-electron chi connectivity index (χ4n) is 5.27. The van der Waals surface area contributed by atoms with Crippen molar-refractivity contribution in [2.75, 3.05) is 54.4 Å². The number of rotatable bonds is 4. The Morgan fingerprint density at radius 1 is 0.917 bits per heavy atom. The van der Waals surface area contributed by atoms with Crippen LogP contribution in [0.1, 0.15) is 25.3 Å². The molecule has 2 fully saturated rings. The molecule has 2 aromatic carbocycles. The molecule has 188 valence electrons. The van der Waals surface area contributed by atoms with Crippen molar-refractivity contribution in [2.24, 2.45) is 5.92 Å². The summed E-state index contributed by atoms with van der Waals surface area (Å²) in [6.07, 6.45) is 1.63. The summed E-state index contributed by atoms with van der Waals surface area (Å²) in [4.78, 5) is 35.9. The Bertz CT molecular complexity index is 1260. The molecule has 2 amide bonds. The highest BCUT2D eigenvalue weighted by molar-refractivity contribution is 5.93. The predicted octanol–water partition coefficient (Wildman–Crippen LogP) is 4.21. The number of nitrogens with one attached hydrogen (secondary N) is 1. The summed E-state index contributed by atoms with van der Waals surface area (Å²) >= 11 is 0. The highest BCUT2D eigenvalue weighted by Crippen LogP contribution is 2.29. The van der Waals surface area contributed by atoms with Crippen molar-refractivity contribution in [1.82, 2.24) is 9.88 Å². The highest BCUT2D eigenvalue weighted by Gasteiger charge is 2.31. The number of piperazine rings is 1. The van der Waals surface area contributed by atoms with Crippen LogP contribution in [0.15, 0.2) is 48.5 Å². The van der Waals surface area contributed by atoms with Gasteiger partial charge in [-0.15, -0.1) is 0 Å². The number of carbonyl (C=O) groups excluding carboxylic acids is 2. The lowest BCUT2D eigenvalue weighted by Gasteiger charge is -2.39. The molecule has 3 aromatic rings. The molecule has 1 aromatic heterocycles. The minimum atomic E-state index is -0.232. The van der Waals surface area contributed by atoms with Gasteiger partial charge in [-0.25, -0.2) is 9.37 Å². The van der Waals surface area contributed by atoms with Gasteiger partial charge in [0.1, 0.15) is 11.6 Å². The van der Waals surface area contributed by atoms with E-state index < -0.39 is 0 Å². The summed E-state index contributed by atoms with van der Waals surface area (Å²) in [7, 11) is 0. The first-order valence-corrected chi connectivity index (χ1v) is 12.6. The minimum Gasteiger partial charge on any atom is -0.368 e. The molecule has 0 unspecified atom stereocenters. The number of hydrogen-bond donors (Lipinski definition) is 1. The first-order valence-electron chi connectivity index (χ1n) is 12.6. The quantitative estimate of drug-likeness (QED) is 0.595. The van der Waals surface area contributed by atoms with Crippen molar-refractivity contribution in [2.45, 2.75) is 26.7 Å². The molecule has 0 spiro atoms. The number of benzene rings is 2. The van der Waals surface area contributed by atoms with Crippen molar-refractivity contribution < 1.29 is 14.0 Å². The molecule has 1 N–H and O–H groups in total. The van der Waals surface area contributed by atoms with Crippen LogP contribution in [0.25, 0.3) is 10.9 Å². The zero-order valence-corrected chi connectivity index (χ0v) is 20.8. The van der Waals surface area contributed by atoms with E-state index in [1.807, 2.05) is 23.1 Å². The first-order chi connectivity index (χ1) is 17.4. The number of fused-ring (bicyclic) bond motifs is 1. The number of halogens is 1. The maximum Gasteiger partial charge on any atom is 0.225 e. The molecule has 0 aliphatic carbocycles. The number of nitrogens with zero attached hydrogens (tertiary/aromatic N) is 4. The number of hydrogen-bond acceptors (Lipinski definition) is 5. The molecule has 2 aliphatic heterocycles. The molecule has 2 aliphatic rings. The van der Waals surface area contributed by atoms with Crippen molar-refractivity contribution in [3.8, 4) is 0 Å². The van der Waals surface area contributed by atoms with Gasteiger partial charge in [0.05, 0.1) is 5.52 Å². The Morgan fingerprint density at radius 2 is 1.61 bits per heavy atom. The molecular formula is C28H32FN5O2. The van der Waals surface area contributed by atoms with Gasteiger partial charge < -0.3 is 20.0 Å². The van der Waals surface area contributed by atoms with Gasteiger partial charge in [0.25, 0.3) is 0 Å². The zero-order valence-electron chi connectivity index (χ0n) is 20.8. The third kappa shape index (κ3) is 5.12. The van der Waals surface area contributed by atoms with Gasteiger partial charge in [-0.1, -0.05) is 0 Å². The van der Waals surface area contributed by atoms with Gasteiger partial charge in [-0.05, 0) is 73.9 Å². The van der Waals surface area contributed by atoms with E-state index in [1.54, 1.807) is 12.1 Å². The van der Waals surface area contributed by atoms with Crippen molar-refractivity contribution in [3.63, 3.8) is 0 Å². The lowest BCUT2D eigenvalue weighted by Crippen LogP contribution is -2.51. The van der Waals surface area contributed by atoms with E-state index in [4.69, 9.17) is 4.98 Å². The Labute approximate surface area is 210 Å². The average Bonchev–Trinajstić information content (AvgIpc) is 2.89. The SMILES string of the molecule is CC(=O)Nc1ccc2nc(N3CCC(C(=O)N4CCN(c5ccc(F)cc5)CC4)CC3)cc(C)c2c1. The van der Waals surface area contributed by atoms with Crippen LogP contribution in [-0.2, 0) is 9.59 Å². The maximum absolute atomic E-state index is 13.2. The van der Waals surface area contributed by atoms with Crippen LogP contribution < -0.4 is 15.1 Å². The van der Waals surface area contributed by atoms with Crippen molar-refractivity contribution in [1.29, 1.82) is 0 Å². The largest absolute Gasteiger partial charge is 0.368 e. The average molecular weight is 490 g/mol. The van der Waals surface area contributed by atoms with E-state index >= 15 is 0 Å². The number of amides is 2.